The molecule has 228 valence electrons. The molecule has 9 rings (SSSR count). The van der Waals surface area contributed by atoms with Crippen molar-refractivity contribution in [2.24, 2.45) is 0 Å². The monoisotopic (exact) mass is 624 g/mol. The van der Waals surface area contributed by atoms with Crippen LogP contribution in [0.15, 0.2) is 162 Å². The van der Waals surface area contributed by atoms with Crippen molar-refractivity contribution in [1.29, 1.82) is 0 Å². The lowest BCUT2D eigenvalue weighted by Gasteiger charge is -2.12. The van der Waals surface area contributed by atoms with Crippen molar-refractivity contribution < 1.29 is 13.2 Å². The second-order valence-electron chi connectivity index (χ2n) is 11.9. The molecule has 2 aromatic heterocycles. The van der Waals surface area contributed by atoms with Gasteiger partial charge >= 0.3 is 0 Å². The van der Waals surface area contributed by atoms with Gasteiger partial charge in [-0.05, 0) is 100 Å². The van der Waals surface area contributed by atoms with Crippen LogP contribution in [0.4, 0.5) is 8.78 Å². The Labute approximate surface area is 275 Å². The second-order valence-corrected chi connectivity index (χ2v) is 11.9. The third kappa shape index (κ3) is 4.67. The molecule has 7 aromatic carbocycles. The summed E-state index contributed by atoms with van der Waals surface area (Å²) in [6.45, 7) is 0. The van der Waals surface area contributed by atoms with Crippen LogP contribution in [0.2, 0.25) is 0 Å². The molecule has 9 aromatic rings. The van der Waals surface area contributed by atoms with E-state index in [0.717, 1.165) is 72.3 Å². The molecule has 48 heavy (non-hydrogen) atoms. The van der Waals surface area contributed by atoms with Gasteiger partial charge in [-0.3, -0.25) is 4.57 Å². The standard InChI is InChI=1S/C43H26F2N2O/c44-32-20-16-28(17-21-32)31-25-37(29-18-22-33(45)23-19-29)41-35-12-7-13-36(42(35)48-40(41)26-31)43-46-38-14-4-5-15-39(38)47(43)34-11-6-10-30(24-34)27-8-2-1-3-9-27/h1-26H. The maximum absolute atomic E-state index is 14.1. The fraction of sp³-hybridized carbons (Fsp3) is 0. The molecule has 5 heteroatoms. The lowest BCUT2D eigenvalue weighted by molar-refractivity contribution is 0.627. The van der Waals surface area contributed by atoms with Crippen LogP contribution in [0.5, 0.6) is 0 Å². The smallest absolute Gasteiger partial charge is 0.149 e. The largest absolute Gasteiger partial charge is 0.455 e. The first kappa shape index (κ1) is 27.9. The molecular formula is C43H26F2N2O. The Morgan fingerprint density at radius 1 is 0.500 bits per heavy atom. The highest BCUT2D eigenvalue weighted by Crippen LogP contribution is 2.43. The van der Waals surface area contributed by atoms with Gasteiger partial charge in [0, 0.05) is 16.5 Å². The van der Waals surface area contributed by atoms with Crippen molar-refractivity contribution in [1.82, 2.24) is 9.55 Å². The van der Waals surface area contributed by atoms with E-state index >= 15 is 0 Å². The molecule has 0 aliphatic heterocycles. The van der Waals surface area contributed by atoms with Crippen LogP contribution in [0, 0.1) is 11.6 Å². The predicted octanol–water partition coefficient (Wildman–Crippen LogP) is 11.9. The van der Waals surface area contributed by atoms with E-state index in [0.29, 0.717) is 11.2 Å². The highest BCUT2D eigenvalue weighted by Gasteiger charge is 2.22. The molecule has 0 atom stereocenters. The Kier molecular flexibility index (Phi) is 6.51. The predicted molar refractivity (Wildman–Crippen MR) is 190 cm³/mol. The minimum Gasteiger partial charge on any atom is -0.455 e. The number of hydrogen-bond acceptors (Lipinski definition) is 2. The molecule has 0 amide bonds. The van der Waals surface area contributed by atoms with Crippen molar-refractivity contribution in [3.05, 3.63) is 169 Å². The average molecular weight is 625 g/mol. The van der Waals surface area contributed by atoms with E-state index in [-0.39, 0.29) is 11.6 Å². The highest BCUT2D eigenvalue weighted by molar-refractivity contribution is 6.16. The summed E-state index contributed by atoms with van der Waals surface area (Å²) >= 11 is 0. The quantitative estimate of drug-likeness (QED) is 0.191. The van der Waals surface area contributed by atoms with E-state index in [1.54, 1.807) is 24.3 Å². The molecule has 0 saturated heterocycles. The maximum Gasteiger partial charge on any atom is 0.149 e. The van der Waals surface area contributed by atoms with Crippen LogP contribution in [-0.2, 0) is 0 Å². The normalized spacial score (nSPS) is 11.5. The Hall–Kier alpha value is -6.33. The molecule has 0 spiro atoms. The summed E-state index contributed by atoms with van der Waals surface area (Å²) in [6, 6.07) is 50.0. The third-order valence-electron chi connectivity index (χ3n) is 8.94. The summed E-state index contributed by atoms with van der Waals surface area (Å²) < 4.78 is 36.9. The van der Waals surface area contributed by atoms with Gasteiger partial charge in [0.25, 0.3) is 0 Å². The molecule has 0 radical (unpaired) electrons. The average Bonchev–Trinajstić information content (AvgIpc) is 3.71. The zero-order chi connectivity index (χ0) is 32.2. The summed E-state index contributed by atoms with van der Waals surface area (Å²) in [6.07, 6.45) is 0. The fourth-order valence-corrected chi connectivity index (χ4v) is 6.69. The van der Waals surface area contributed by atoms with Crippen LogP contribution >= 0.6 is 0 Å². The number of hydrogen-bond donors (Lipinski definition) is 0. The number of fused-ring (bicyclic) bond motifs is 4. The van der Waals surface area contributed by atoms with Crippen molar-refractivity contribution in [3.8, 4) is 50.5 Å². The molecular weight excluding hydrogens is 598 g/mol. The van der Waals surface area contributed by atoms with E-state index in [2.05, 4.69) is 59.2 Å². The van der Waals surface area contributed by atoms with Gasteiger partial charge in [-0.15, -0.1) is 0 Å². The van der Waals surface area contributed by atoms with Crippen molar-refractivity contribution >= 4 is 33.0 Å². The zero-order valence-electron chi connectivity index (χ0n) is 25.6. The minimum atomic E-state index is -0.306. The van der Waals surface area contributed by atoms with Gasteiger partial charge in [-0.25, -0.2) is 13.8 Å². The Morgan fingerprint density at radius 2 is 1.17 bits per heavy atom. The number of halogens is 2. The molecule has 0 aliphatic rings. The molecule has 0 unspecified atom stereocenters. The molecule has 0 bridgehead atoms. The second kappa shape index (κ2) is 11.2. The molecule has 3 nitrogen and oxygen atoms in total. The summed E-state index contributed by atoms with van der Waals surface area (Å²) in [5, 5.41) is 1.84. The number of benzene rings is 7. The Morgan fingerprint density at radius 3 is 1.96 bits per heavy atom. The van der Waals surface area contributed by atoms with Crippen molar-refractivity contribution in [2.45, 2.75) is 0 Å². The Balaban J connectivity index is 1.31. The van der Waals surface area contributed by atoms with Crippen LogP contribution in [-0.4, -0.2) is 9.55 Å². The molecule has 0 aliphatic carbocycles. The van der Waals surface area contributed by atoms with Gasteiger partial charge in [0.15, 0.2) is 0 Å². The van der Waals surface area contributed by atoms with Gasteiger partial charge in [0.1, 0.15) is 28.6 Å². The highest BCUT2D eigenvalue weighted by atomic mass is 19.1. The van der Waals surface area contributed by atoms with Gasteiger partial charge in [0.05, 0.1) is 16.6 Å². The van der Waals surface area contributed by atoms with Crippen molar-refractivity contribution in [2.75, 3.05) is 0 Å². The molecule has 0 fully saturated rings. The fourth-order valence-electron chi connectivity index (χ4n) is 6.69. The number of imidazole rings is 1. The van der Waals surface area contributed by atoms with Crippen LogP contribution < -0.4 is 0 Å². The van der Waals surface area contributed by atoms with Crippen LogP contribution in [0.3, 0.4) is 0 Å². The number of furan rings is 1. The number of aromatic nitrogens is 2. The minimum absolute atomic E-state index is 0.302. The lowest BCUT2D eigenvalue weighted by atomic mass is 9.94. The van der Waals surface area contributed by atoms with Crippen LogP contribution in [0.25, 0.3) is 83.4 Å². The van der Waals surface area contributed by atoms with Crippen molar-refractivity contribution in [3.63, 3.8) is 0 Å². The van der Waals surface area contributed by atoms with Gasteiger partial charge < -0.3 is 4.42 Å². The van der Waals surface area contributed by atoms with E-state index in [9.17, 15) is 8.78 Å². The van der Waals surface area contributed by atoms with E-state index in [1.165, 1.54) is 24.3 Å². The maximum atomic E-state index is 14.1. The summed E-state index contributed by atoms with van der Waals surface area (Å²) in [5.41, 5.74) is 10.8. The number of rotatable bonds is 5. The van der Waals surface area contributed by atoms with E-state index in [4.69, 9.17) is 9.40 Å². The topological polar surface area (TPSA) is 31.0 Å². The first-order valence-corrected chi connectivity index (χ1v) is 15.8. The number of nitrogens with zero attached hydrogens (tertiary/aromatic N) is 2. The zero-order valence-corrected chi connectivity index (χ0v) is 25.6. The van der Waals surface area contributed by atoms with Gasteiger partial charge in [-0.2, -0.15) is 0 Å². The summed E-state index contributed by atoms with van der Waals surface area (Å²) in [5.74, 6) is 0.150. The first-order valence-electron chi connectivity index (χ1n) is 15.8. The van der Waals surface area contributed by atoms with E-state index < -0.39 is 0 Å². The van der Waals surface area contributed by atoms with Crippen LogP contribution in [0.1, 0.15) is 0 Å². The van der Waals surface area contributed by atoms with Gasteiger partial charge in [0.2, 0.25) is 0 Å². The molecule has 2 heterocycles. The van der Waals surface area contributed by atoms with Gasteiger partial charge in [-0.1, -0.05) is 91.0 Å². The Bertz CT molecular complexity index is 2620. The molecule has 0 N–H and O–H groups in total. The molecule has 0 saturated carbocycles. The lowest BCUT2D eigenvalue weighted by Crippen LogP contribution is -1.98. The SMILES string of the molecule is Fc1ccc(-c2cc(-c3ccc(F)cc3)c3c(c2)oc2c(-c4nc5ccccc5n4-c4cccc(-c5ccccc5)c4)cccc23)cc1. The summed E-state index contributed by atoms with van der Waals surface area (Å²) in [7, 11) is 0. The van der Waals surface area contributed by atoms with E-state index in [1.807, 2.05) is 54.6 Å². The number of para-hydroxylation sites is 3. The first-order chi connectivity index (χ1) is 23.6. The third-order valence-corrected chi connectivity index (χ3v) is 8.94. The summed E-state index contributed by atoms with van der Waals surface area (Å²) in [4.78, 5) is 5.17.